The number of hydrogen-bond donors (Lipinski definition) is 1. The second-order valence-corrected chi connectivity index (χ2v) is 9.28. The molecule has 41 heavy (non-hydrogen) atoms. The van der Waals surface area contributed by atoms with E-state index in [9.17, 15) is 10.1 Å². The molecule has 0 fully saturated rings. The maximum absolute atomic E-state index is 12.7. The van der Waals surface area contributed by atoms with Gasteiger partial charge in [0, 0.05) is 22.5 Å². The molecule has 7 nitrogen and oxygen atoms in total. The fourth-order valence-electron chi connectivity index (χ4n) is 4.50. The van der Waals surface area contributed by atoms with E-state index in [1.807, 2.05) is 54.6 Å². The third kappa shape index (κ3) is 6.18. The number of aromatic nitrogens is 1. The molecule has 202 valence electrons. The third-order valence-electron chi connectivity index (χ3n) is 6.62. The molecule has 4 aromatic carbocycles. The molecule has 5 rings (SSSR count). The first-order valence-electron chi connectivity index (χ1n) is 13.0. The Bertz CT molecular complexity index is 1730. The van der Waals surface area contributed by atoms with Gasteiger partial charge < -0.3 is 14.0 Å². The van der Waals surface area contributed by atoms with E-state index in [1.54, 1.807) is 43.7 Å². The molecule has 5 aromatic rings. The molecule has 0 unspecified atom stereocenters. The highest BCUT2D eigenvalue weighted by molar-refractivity contribution is 5.95. The molecule has 0 saturated carbocycles. The van der Waals surface area contributed by atoms with Crippen LogP contribution in [0.1, 0.15) is 32.7 Å². The highest BCUT2D eigenvalue weighted by Gasteiger charge is 2.11. The molecular formula is C34H28N4O3. The fourth-order valence-corrected chi connectivity index (χ4v) is 4.50. The first kappa shape index (κ1) is 27.0. The Morgan fingerprint density at radius 3 is 2.44 bits per heavy atom. The molecule has 1 aromatic heterocycles. The average Bonchev–Trinajstić information content (AvgIpc) is 3.42. The highest BCUT2D eigenvalue weighted by atomic mass is 16.5. The van der Waals surface area contributed by atoms with Crippen LogP contribution in [-0.4, -0.2) is 23.8 Å². The molecule has 0 aliphatic carbocycles. The van der Waals surface area contributed by atoms with E-state index in [2.05, 4.69) is 52.4 Å². The monoisotopic (exact) mass is 540 g/mol. The second kappa shape index (κ2) is 12.5. The van der Waals surface area contributed by atoms with Crippen LogP contribution in [0.4, 0.5) is 0 Å². The Kier molecular flexibility index (Phi) is 8.22. The summed E-state index contributed by atoms with van der Waals surface area (Å²) in [5.41, 5.74) is 9.44. The van der Waals surface area contributed by atoms with Crippen molar-refractivity contribution in [3.8, 4) is 34.5 Å². The predicted molar refractivity (Wildman–Crippen MR) is 159 cm³/mol. The molecule has 0 atom stereocenters. The summed E-state index contributed by atoms with van der Waals surface area (Å²) in [6.45, 7) is 2.29. The number of methoxy groups -OCH3 is 1. The van der Waals surface area contributed by atoms with Crippen molar-refractivity contribution in [1.29, 1.82) is 5.26 Å². The number of amides is 1. The van der Waals surface area contributed by atoms with Gasteiger partial charge in [0.2, 0.25) is 0 Å². The van der Waals surface area contributed by atoms with Gasteiger partial charge >= 0.3 is 0 Å². The Balaban J connectivity index is 1.23. The van der Waals surface area contributed by atoms with Crippen LogP contribution in [0.5, 0.6) is 11.5 Å². The van der Waals surface area contributed by atoms with Gasteiger partial charge in [-0.3, -0.25) is 4.79 Å². The SMILES string of the molecule is COc1cc(/C=N/NC(=O)c2ccc(-n3c(C)ccc3-c3ccccc3)cc2)ccc1OCc1ccccc1C#N. The van der Waals surface area contributed by atoms with E-state index in [4.69, 9.17) is 9.47 Å². The first-order valence-corrected chi connectivity index (χ1v) is 13.0. The van der Waals surface area contributed by atoms with E-state index in [1.165, 1.54) is 0 Å². The lowest BCUT2D eigenvalue weighted by atomic mass is 10.1. The van der Waals surface area contributed by atoms with Gasteiger partial charge in [-0.1, -0.05) is 48.5 Å². The fraction of sp³-hybridized carbons (Fsp3) is 0.0882. The van der Waals surface area contributed by atoms with Gasteiger partial charge in [-0.15, -0.1) is 0 Å². The Hall–Kier alpha value is -5.61. The number of carbonyl (C=O) groups excluding carboxylic acids is 1. The van der Waals surface area contributed by atoms with Crippen molar-refractivity contribution in [3.05, 3.63) is 137 Å². The highest BCUT2D eigenvalue weighted by Crippen LogP contribution is 2.29. The average molecular weight is 541 g/mol. The summed E-state index contributed by atoms with van der Waals surface area (Å²) in [5.74, 6) is 0.735. The van der Waals surface area contributed by atoms with Crippen molar-refractivity contribution in [2.24, 2.45) is 5.10 Å². The first-order chi connectivity index (χ1) is 20.1. The predicted octanol–water partition coefficient (Wildman–Crippen LogP) is 6.68. The number of hydrogen-bond acceptors (Lipinski definition) is 5. The number of nitrogens with zero attached hydrogens (tertiary/aromatic N) is 3. The zero-order valence-corrected chi connectivity index (χ0v) is 22.7. The molecule has 0 aliphatic heterocycles. The van der Waals surface area contributed by atoms with Gasteiger partial charge in [0.05, 0.1) is 30.7 Å². The normalized spacial score (nSPS) is 10.8. The van der Waals surface area contributed by atoms with Gasteiger partial charge in [0.25, 0.3) is 5.91 Å². The molecule has 0 radical (unpaired) electrons. The maximum Gasteiger partial charge on any atom is 0.271 e. The quantitative estimate of drug-likeness (QED) is 0.167. The molecule has 0 saturated heterocycles. The smallest absolute Gasteiger partial charge is 0.271 e. The lowest BCUT2D eigenvalue weighted by molar-refractivity contribution is 0.0955. The van der Waals surface area contributed by atoms with Crippen LogP contribution in [0.25, 0.3) is 16.9 Å². The van der Waals surface area contributed by atoms with E-state index < -0.39 is 0 Å². The van der Waals surface area contributed by atoms with Gasteiger partial charge in [-0.05, 0) is 78.7 Å². The van der Waals surface area contributed by atoms with Crippen LogP contribution < -0.4 is 14.9 Å². The number of benzene rings is 4. The largest absolute Gasteiger partial charge is 0.493 e. The number of nitrogens with one attached hydrogen (secondary N) is 1. The Morgan fingerprint density at radius 2 is 1.68 bits per heavy atom. The molecule has 0 spiro atoms. The van der Waals surface area contributed by atoms with Crippen LogP contribution in [0.2, 0.25) is 0 Å². The molecule has 1 N–H and O–H groups in total. The summed E-state index contributed by atoms with van der Waals surface area (Å²) in [7, 11) is 1.55. The minimum atomic E-state index is -0.316. The molecule has 1 amide bonds. The summed E-state index contributed by atoms with van der Waals surface area (Å²) in [4.78, 5) is 12.7. The third-order valence-corrected chi connectivity index (χ3v) is 6.62. The number of carbonyl (C=O) groups is 1. The number of nitriles is 1. The van der Waals surface area contributed by atoms with Gasteiger partial charge in [0.15, 0.2) is 11.5 Å². The van der Waals surface area contributed by atoms with E-state index >= 15 is 0 Å². The minimum Gasteiger partial charge on any atom is -0.493 e. The standard InChI is InChI=1S/C34H28N4O3/c1-24-12-18-31(26-8-4-3-5-9-26)38(24)30-16-14-27(15-17-30)34(39)37-36-22-25-13-19-32(33(20-25)40-2)41-23-29-11-7-6-10-28(29)21-35/h3-20,22H,23H2,1-2H3,(H,37,39)/b36-22+. The van der Waals surface area contributed by atoms with Gasteiger partial charge in [0.1, 0.15) is 6.61 Å². The number of hydrazone groups is 1. The molecule has 0 bridgehead atoms. The lowest BCUT2D eigenvalue weighted by Gasteiger charge is -2.13. The van der Waals surface area contributed by atoms with Gasteiger partial charge in [-0.2, -0.15) is 10.4 Å². The van der Waals surface area contributed by atoms with Crippen molar-refractivity contribution >= 4 is 12.1 Å². The molecular weight excluding hydrogens is 512 g/mol. The van der Waals surface area contributed by atoms with Crippen molar-refractivity contribution in [2.75, 3.05) is 7.11 Å². The summed E-state index contributed by atoms with van der Waals surface area (Å²) in [6.07, 6.45) is 1.54. The van der Waals surface area contributed by atoms with Crippen LogP contribution in [-0.2, 0) is 6.61 Å². The van der Waals surface area contributed by atoms with E-state index in [-0.39, 0.29) is 12.5 Å². The molecule has 1 heterocycles. The van der Waals surface area contributed by atoms with Crippen molar-refractivity contribution in [3.63, 3.8) is 0 Å². The number of rotatable bonds is 9. The lowest BCUT2D eigenvalue weighted by Crippen LogP contribution is -2.17. The summed E-state index contributed by atoms with van der Waals surface area (Å²) in [6, 6.07) is 36.6. The summed E-state index contributed by atoms with van der Waals surface area (Å²) in [5, 5.41) is 13.4. The number of ether oxygens (including phenoxy) is 2. The van der Waals surface area contributed by atoms with Crippen molar-refractivity contribution < 1.29 is 14.3 Å². The second-order valence-electron chi connectivity index (χ2n) is 9.28. The number of aryl methyl sites for hydroxylation is 1. The molecule has 0 aliphatic rings. The Labute approximate surface area is 238 Å². The summed E-state index contributed by atoms with van der Waals surface area (Å²) >= 11 is 0. The molecule has 7 heteroatoms. The summed E-state index contributed by atoms with van der Waals surface area (Å²) < 4.78 is 13.5. The van der Waals surface area contributed by atoms with Crippen molar-refractivity contribution in [2.45, 2.75) is 13.5 Å². The van der Waals surface area contributed by atoms with Crippen molar-refractivity contribution in [1.82, 2.24) is 9.99 Å². The van der Waals surface area contributed by atoms with E-state index in [0.29, 0.717) is 22.6 Å². The van der Waals surface area contributed by atoms with Crippen LogP contribution in [0.15, 0.2) is 114 Å². The minimum absolute atomic E-state index is 0.236. The van der Waals surface area contributed by atoms with Gasteiger partial charge in [-0.25, -0.2) is 5.43 Å². The maximum atomic E-state index is 12.7. The van der Waals surface area contributed by atoms with Crippen LogP contribution >= 0.6 is 0 Å². The van der Waals surface area contributed by atoms with E-state index in [0.717, 1.165) is 33.8 Å². The topological polar surface area (TPSA) is 88.6 Å². The zero-order valence-electron chi connectivity index (χ0n) is 22.7. The van der Waals surface area contributed by atoms with Crippen LogP contribution in [0, 0.1) is 18.3 Å². The Morgan fingerprint density at radius 1 is 0.927 bits per heavy atom. The zero-order chi connectivity index (χ0) is 28.6. The van der Waals surface area contributed by atoms with Crippen LogP contribution in [0.3, 0.4) is 0 Å².